The second-order valence-electron chi connectivity index (χ2n) is 8.07. The van der Waals surface area contributed by atoms with Gasteiger partial charge in [-0.05, 0) is 43.4 Å². The molecule has 5 atom stereocenters. The molecular formula is C23H44O2. The Morgan fingerprint density at radius 2 is 1.28 bits per heavy atom. The molecule has 0 amide bonds. The lowest BCUT2D eigenvalue weighted by Crippen LogP contribution is -2.28. The van der Waals surface area contributed by atoms with Crippen molar-refractivity contribution in [2.45, 2.75) is 105 Å². The zero-order valence-corrected chi connectivity index (χ0v) is 17.5. The standard InChI is InChI=1S/C23H44O2/c1-6-8-10-13-19(3)14-11-12-15-20(4)17-21(5)18-23(25)22(24)16-9-7-2/h11-12,14-15,19-25H,6-10,13,16-18H2,1-5H3. The summed E-state index contributed by atoms with van der Waals surface area (Å²) < 4.78 is 0. The van der Waals surface area contributed by atoms with E-state index < -0.39 is 12.2 Å². The Morgan fingerprint density at radius 3 is 1.88 bits per heavy atom. The molecule has 0 aliphatic heterocycles. The van der Waals surface area contributed by atoms with Crippen molar-refractivity contribution in [1.29, 1.82) is 0 Å². The van der Waals surface area contributed by atoms with Crippen LogP contribution in [0.1, 0.15) is 92.4 Å². The quantitative estimate of drug-likeness (QED) is 0.269. The van der Waals surface area contributed by atoms with Gasteiger partial charge < -0.3 is 10.2 Å². The first-order valence-corrected chi connectivity index (χ1v) is 10.6. The lowest BCUT2D eigenvalue weighted by atomic mass is 9.90. The summed E-state index contributed by atoms with van der Waals surface area (Å²) in [4.78, 5) is 0. The van der Waals surface area contributed by atoms with Crippen LogP contribution in [0, 0.1) is 17.8 Å². The molecule has 148 valence electrons. The van der Waals surface area contributed by atoms with Gasteiger partial charge in [-0.1, -0.05) is 91.0 Å². The highest BCUT2D eigenvalue weighted by molar-refractivity contribution is 5.05. The minimum absolute atomic E-state index is 0.419. The van der Waals surface area contributed by atoms with Crippen molar-refractivity contribution < 1.29 is 10.2 Å². The fraction of sp³-hybridized carbons (Fsp3) is 0.826. The molecule has 0 saturated carbocycles. The number of aliphatic hydroxyl groups excluding tert-OH is 2. The fourth-order valence-corrected chi connectivity index (χ4v) is 3.30. The smallest absolute Gasteiger partial charge is 0.0801 e. The highest BCUT2D eigenvalue weighted by atomic mass is 16.3. The first kappa shape index (κ1) is 24.4. The molecule has 0 spiro atoms. The van der Waals surface area contributed by atoms with Gasteiger partial charge in [0.25, 0.3) is 0 Å². The molecule has 0 heterocycles. The third kappa shape index (κ3) is 14.3. The number of rotatable bonds is 15. The van der Waals surface area contributed by atoms with E-state index >= 15 is 0 Å². The molecule has 2 heteroatoms. The molecule has 0 rings (SSSR count). The van der Waals surface area contributed by atoms with E-state index in [1.807, 2.05) is 0 Å². The van der Waals surface area contributed by atoms with Gasteiger partial charge in [0.2, 0.25) is 0 Å². The molecule has 0 aromatic heterocycles. The SMILES string of the molecule is CCCCCC(C)C=CC=CC(C)CC(C)CC(O)C(O)CCCC. The first-order chi connectivity index (χ1) is 11.9. The van der Waals surface area contributed by atoms with Crippen LogP contribution in [0.5, 0.6) is 0 Å². The average molecular weight is 353 g/mol. The van der Waals surface area contributed by atoms with E-state index in [1.165, 1.54) is 25.7 Å². The van der Waals surface area contributed by atoms with Crippen LogP contribution in [0.2, 0.25) is 0 Å². The van der Waals surface area contributed by atoms with Crippen molar-refractivity contribution in [3.63, 3.8) is 0 Å². The van der Waals surface area contributed by atoms with Crippen LogP contribution in [0.15, 0.2) is 24.3 Å². The van der Waals surface area contributed by atoms with Gasteiger partial charge in [0.1, 0.15) is 0 Å². The zero-order valence-electron chi connectivity index (χ0n) is 17.5. The number of unbranched alkanes of at least 4 members (excludes halogenated alkanes) is 3. The average Bonchev–Trinajstić information content (AvgIpc) is 2.56. The minimum Gasteiger partial charge on any atom is -0.390 e. The van der Waals surface area contributed by atoms with Crippen LogP contribution in [0.25, 0.3) is 0 Å². The Bertz CT molecular complexity index is 348. The van der Waals surface area contributed by atoms with Crippen molar-refractivity contribution in [2.24, 2.45) is 17.8 Å². The molecule has 0 aliphatic rings. The number of aliphatic hydroxyl groups is 2. The third-order valence-corrected chi connectivity index (χ3v) is 4.97. The highest BCUT2D eigenvalue weighted by Crippen LogP contribution is 2.20. The second kappa shape index (κ2) is 15.6. The maximum Gasteiger partial charge on any atom is 0.0801 e. The Balaban J connectivity index is 4.04. The van der Waals surface area contributed by atoms with Gasteiger partial charge in [0, 0.05) is 0 Å². The molecule has 2 nitrogen and oxygen atoms in total. The van der Waals surface area contributed by atoms with Crippen molar-refractivity contribution in [3.8, 4) is 0 Å². The van der Waals surface area contributed by atoms with E-state index in [9.17, 15) is 10.2 Å². The second-order valence-corrected chi connectivity index (χ2v) is 8.07. The van der Waals surface area contributed by atoms with E-state index in [2.05, 4.69) is 58.9 Å². The molecule has 0 radical (unpaired) electrons. The summed E-state index contributed by atoms with van der Waals surface area (Å²) in [6, 6.07) is 0. The number of hydrogen-bond donors (Lipinski definition) is 2. The van der Waals surface area contributed by atoms with Gasteiger partial charge in [0.15, 0.2) is 0 Å². The Morgan fingerprint density at radius 1 is 0.680 bits per heavy atom. The molecule has 0 saturated heterocycles. The fourth-order valence-electron chi connectivity index (χ4n) is 3.30. The highest BCUT2D eigenvalue weighted by Gasteiger charge is 2.19. The summed E-state index contributed by atoms with van der Waals surface area (Å²) in [6.07, 6.45) is 17.5. The van der Waals surface area contributed by atoms with Gasteiger partial charge in [-0.25, -0.2) is 0 Å². The summed E-state index contributed by atoms with van der Waals surface area (Å²) >= 11 is 0. The van der Waals surface area contributed by atoms with Gasteiger partial charge in [0.05, 0.1) is 12.2 Å². The maximum atomic E-state index is 10.1. The lowest BCUT2D eigenvalue weighted by Gasteiger charge is -2.22. The Labute approximate surface area is 157 Å². The Hall–Kier alpha value is -0.600. The normalized spacial score (nSPS) is 18.5. The predicted octanol–water partition coefficient (Wildman–Crippen LogP) is 6.28. The van der Waals surface area contributed by atoms with Crippen molar-refractivity contribution in [2.75, 3.05) is 0 Å². The van der Waals surface area contributed by atoms with Crippen molar-refractivity contribution in [3.05, 3.63) is 24.3 Å². The van der Waals surface area contributed by atoms with E-state index in [0.717, 1.165) is 19.3 Å². The van der Waals surface area contributed by atoms with Gasteiger partial charge in [-0.3, -0.25) is 0 Å². The van der Waals surface area contributed by atoms with Crippen LogP contribution < -0.4 is 0 Å². The molecule has 2 N–H and O–H groups in total. The van der Waals surface area contributed by atoms with E-state index in [-0.39, 0.29) is 0 Å². The molecule has 0 aromatic carbocycles. The van der Waals surface area contributed by atoms with Gasteiger partial charge in [-0.2, -0.15) is 0 Å². The topological polar surface area (TPSA) is 40.5 Å². The predicted molar refractivity (Wildman–Crippen MR) is 111 cm³/mol. The molecule has 0 aliphatic carbocycles. The molecule has 0 aromatic rings. The molecular weight excluding hydrogens is 308 g/mol. The molecule has 0 fully saturated rings. The molecule has 25 heavy (non-hydrogen) atoms. The van der Waals surface area contributed by atoms with Crippen LogP contribution >= 0.6 is 0 Å². The summed E-state index contributed by atoms with van der Waals surface area (Å²) in [6.45, 7) is 11.0. The monoisotopic (exact) mass is 352 g/mol. The van der Waals surface area contributed by atoms with Crippen LogP contribution in [0.3, 0.4) is 0 Å². The maximum absolute atomic E-state index is 10.1. The van der Waals surface area contributed by atoms with Crippen molar-refractivity contribution >= 4 is 0 Å². The molecule has 0 bridgehead atoms. The summed E-state index contributed by atoms with van der Waals surface area (Å²) in [7, 11) is 0. The van der Waals surface area contributed by atoms with Crippen LogP contribution in [-0.4, -0.2) is 22.4 Å². The Kier molecular flexibility index (Phi) is 15.3. The third-order valence-electron chi connectivity index (χ3n) is 4.97. The largest absolute Gasteiger partial charge is 0.390 e. The number of allylic oxidation sites excluding steroid dienone is 4. The summed E-state index contributed by atoms with van der Waals surface area (Å²) in [5, 5.41) is 20.1. The van der Waals surface area contributed by atoms with E-state index in [0.29, 0.717) is 30.6 Å². The van der Waals surface area contributed by atoms with Crippen LogP contribution in [0.4, 0.5) is 0 Å². The zero-order chi connectivity index (χ0) is 19.1. The first-order valence-electron chi connectivity index (χ1n) is 10.6. The van der Waals surface area contributed by atoms with Crippen molar-refractivity contribution in [1.82, 2.24) is 0 Å². The van der Waals surface area contributed by atoms with Crippen LogP contribution in [-0.2, 0) is 0 Å². The minimum atomic E-state index is -0.582. The van der Waals surface area contributed by atoms with E-state index in [1.54, 1.807) is 0 Å². The molecule has 5 unspecified atom stereocenters. The number of hydrogen-bond acceptors (Lipinski definition) is 2. The lowest BCUT2D eigenvalue weighted by molar-refractivity contribution is -0.000403. The van der Waals surface area contributed by atoms with Gasteiger partial charge in [-0.15, -0.1) is 0 Å². The summed E-state index contributed by atoms with van der Waals surface area (Å²) in [5.74, 6) is 1.57. The van der Waals surface area contributed by atoms with E-state index in [4.69, 9.17) is 0 Å². The summed E-state index contributed by atoms with van der Waals surface area (Å²) in [5.41, 5.74) is 0. The van der Waals surface area contributed by atoms with Gasteiger partial charge >= 0.3 is 0 Å².